The molecule has 136 valence electrons. The van der Waals surface area contributed by atoms with Crippen molar-refractivity contribution in [3.05, 3.63) is 63.7 Å². The number of hydrogen-bond acceptors (Lipinski definition) is 6. The van der Waals surface area contributed by atoms with Crippen LogP contribution in [0.15, 0.2) is 47.4 Å². The van der Waals surface area contributed by atoms with Gasteiger partial charge in [-0.1, -0.05) is 17.7 Å². The van der Waals surface area contributed by atoms with Crippen molar-refractivity contribution >= 4 is 29.6 Å². The highest BCUT2D eigenvalue weighted by Gasteiger charge is 2.12. The second-order valence-electron chi connectivity index (χ2n) is 5.40. The second kappa shape index (κ2) is 9.57. The van der Waals surface area contributed by atoms with Gasteiger partial charge in [0, 0.05) is 29.3 Å². The van der Waals surface area contributed by atoms with Crippen molar-refractivity contribution < 1.29 is 19.2 Å². The molecule has 0 spiro atoms. The fourth-order valence-corrected chi connectivity index (χ4v) is 2.83. The van der Waals surface area contributed by atoms with Gasteiger partial charge < -0.3 is 10.1 Å². The Balaban J connectivity index is 1.75. The number of thioether (sulfide) groups is 1. The number of carbonyl (C=O) groups is 2. The predicted molar refractivity (Wildman–Crippen MR) is 98.9 cm³/mol. The first-order chi connectivity index (χ1) is 12.5. The van der Waals surface area contributed by atoms with Crippen LogP contribution in [0.1, 0.15) is 15.9 Å². The molecule has 0 aliphatic rings. The zero-order valence-electron chi connectivity index (χ0n) is 14.1. The van der Waals surface area contributed by atoms with Gasteiger partial charge in [-0.15, -0.1) is 11.8 Å². The van der Waals surface area contributed by atoms with Crippen LogP contribution in [0, 0.1) is 17.0 Å². The Morgan fingerprint density at radius 3 is 2.65 bits per heavy atom. The summed E-state index contributed by atoms with van der Waals surface area (Å²) in [5.41, 5.74) is 1.01. The Hall–Kier alpha value is -2.87. The smallest absolute Gasteiger partial charge is 0.270 e. The summed E-state index contributed by atoms with van der Waals surface area (Å²) in [7, 11) is 0. The van der Waals surface area contributed by atoms with Crippen molar-refractivity contribution in [3.63, 3.8) is 0 Å². The molecule has 1 amide bonds. The summed E-state index contributed by atoms with van der Waals surface area (Å²) in [6.45, 7) is 2.23. The molecule has 8 heteroatoms. The molecule has 0 heterocycles. The lowest BCUT2D eigenvalue weighted by Gasteiger charge is -2.09. The van der Waals surface area contributed by atoms with Crippen LogP contribution in [0.3, 0.4) is 0 Å². The number of aldehydes is 1. The first-order valence-corrected chi connectivity index (χ1v) is 8.80. The number of benzene rings is 2. The quantitative estimate of drug-likeness (QED) is 0.238. The Bertz CT molecular complexity index is 793. The first-order valence-electron chi connectivity index (χ1n) is 7.82. The summed E-state index contributed by atoms with van der Waals surface area (Å²) in [4.78, 5) is 34.0. The first kappa shape index (κ1) is 19.5. The summed E-state index contributed by atoms with van der Waals surface area (Å²) in [6, 6.07) is 11.8. The Morgan fingerprint density at radius 2 is 2.00 bits per heavy atom. The molecule has 0 unspecified atom stereocenters. The van der Waals surface area contributed by atoms with Crippen molar-refractivity contribution in [3.8, 4) is 5.75 Å². The number of nitrogens with zero attached hydrogens (tertiary/aromatic N) is 1. The molecule has 0 aromatic heterocycles. The largest absolute Gasteiger partial charge is 0.483 e. The van der Waals surface area contributed by atoms with Gasteiger partial charge in [-0.2, -0.15) is 0 Å². The number of carbonyl (C=O) groups excluding carboxylic acids is 2. The lowest BCUT2D eigenvalue weighted by Crippen LogP contribution is -2.30. The van der Waals surface area contributed by atoms with E-state index in [1.54, 1.807) is 11.8 Å². The molecular weight excluding hydrogens is 356 g/mol. The average Bonchev–Trinajstić information content (AvgIpc) is 2.64. The van der Waals surface area contributed by atoms with E-state index in [9.17, 15) is 19.7 Å². The van der Waals surface area contributed by atoms with E-state index in [2.05, 4.69) is 5.32 Å². The topological polar surface area (TPSA) is 98.5 Å². The minimum atomic E-state index is -0.602. The van der Waals surface area contributed by atoms with Crippen molar-refractivity contribution in [1.29, 1.82) is 0 Å². The Morgan fingerprint density at radius 1 is 1.27 bits per heavy atom. The predicted octanol–water partition coefficient (Wildman–Crippen LogP) is 3.00. The Kier molecular flexibility index (Phi) is 7.16. The number of nitro groups is 1. The summed E-state index contributed by atoms with van der Waals surface area (Å²) in [6.07, 6.45) is 0.457. The molecule has 0 saturated heterocycles. The van der Waals surface area contributed by atoms with Crippen LogP contribution in [0.2, 0.25) is 0 Å². The van der Waals surface area contributed by atoms with Crippen LogP contribution in [-0.4, -0.2) is 36.0 Å². The Labute approximate surface area is 154 Å². The molecule has 2 aromatic carbocycles. The standard InChI is InChI=1S/C18H18N2O5S/c1-13-2-5-16(6-3-13)26-9-8-19-18(22)12-25-17-7-4-15(20(23)24)10-14(17)11-21/h2-7,10-11H,8-9,12H2,1H3,(H,19,22). The SMILES string of the molecule is Cc1ccc(SCCNC(=O)COc2ccc([N+](=O)[O-])cc2C=O)cc1. The van der Waals surface area contributed by atoms with Crippen molar-refractivity contribution in [1.82, 2.24) is 5.32 Å². The van der Waals surface area contributed by atoms with E-state index < -0.39 is 4.92 Å². The van der Waals surface area contributed by atoms with E-state index in [1.165, 1.54) is 17.7 Å². The van der Waals surface area contributed by atoms with Crippen molar-refractivity contribution in [2.75, 3.05) is 18.9 Å². The molecule has 2 rings (SSSR count). The van der Waals surface area contributed by atoms with Crippen LogP contribution in [0.5, 0.6) is 5.75 Å². The zero-order chi connectivity index (χ0) is 18.9. The zero-order valence-corrected chi connectivity index (χ0v) is 15.0. The van der Waals surface area contributed by atoms with Crippen molar-refractivity contribution in [2.24, 2.45) is 0 Å². The highest BCUT2D eigenvalue weighted by molar-refractivity contribution is 7.99. The van der Waals surface area contributed by atoms with Crippen LogP contribution >= 0.6 is 11.8 Å². The monoisotopic (exact) mass is 374 g/mol. The molecule has 2 aromatic rings. The van der Waals surface area contributed by atoms with Gasteiger partial charge in [0.2, 0.25) is 0 Å². The molecule has 7 nitrogen and oxygen atoms in total. The number of aryl methyl sites for hydroxylation is 1. The highest BCUT2D eigenvalue weighted by Crippen LogP contribution is 2.22. The number of nitrogens with one attached hydrogen (secondary N) is 1. The summed E-state index contributed by atoms with van der Waals surface area (Å²) in [5.74, 6) is 0.519. The maximum Gasteiger partial charge on any atom is 0.270 e. The van der Waals surface area contributed by atoms with Gasteiger partial charge in [0.15, 0.2) is 12.9 Å². The number of amides is 1. The van der Waals surface area contributed by atoms with E-state index in [0.717, 1.165) is 11.0 Å². The van der Waals surface area contributed by atoms with E-state index in [4.69, 9.17) is 4.74 Å². The van der Waals surface area contributed by atoms with Gasteiger partial charge in [0.25, 0.3) is 11.6 Å². The highest BCUT2D eigenvalue weighted by atomic mass is 32.2. The molecular formula is C18H18N2O5S. The third kappa shape index (κ3) is 5.89. The number of rotatable bonds is 9. The van der Waals surface area contributed by atoms with E-state index in [0.29, 0.717) is 18.6 Å². The van der Waals surface area contributed by atoms with E-state index >= 15 is 0 Å². The maximum absolute atomic E-state index is 11.8. The fraction of sp³-hybridized carbons (Fsp3) is 0.222. The number of hydrogen-bond donors (Lipinski definition) is 1. The minimum Gasteiger partial charge on any atom is -0.483 e. The minimum absolute atomic E-state index is 0.0296. The average molecular weight is 374 g/mol. The number of non-ortho nitro benzene ring substituents is 1. The van der Waals surface area contributed by atoms with Gasteiger partial charge in [-0.05, 0) is 25.1 Å². The van der Waals surface area contributed by atoms with Gasteiger partial charge in [-0.25, -0.2) is 0 Å². The lowest BCUT2D eigenvalue weighted by atomic mass is 10.2. The van der Waals surface area contributed by atoms with Gasteiger partial charge in [-0.3, -0.25) is 19.7 Å². The second-order valence-corrected chi connectivity index (χ2v) is 6.57. The summed E-state index contributed by atoms with van der Waals surface area (Å²) >= 11 is 1.63. The normalized spacial score (nSPS) is 10.2. The molecule has 0 bridgehead atoms. The van der Waals surface area contributed by atoms with Crippen LogP contribution in [0.25, 0.3) is 0 Å². The third-order valence-electron chi connectivity index (χ3n) is 3.40. The number of nitro benzene ring substituents is 1. The van der Waals surface area contributed by atoms with E-state index in [1.807, 2.05) is 31.2 Å². The van der Waals surface area contributed by atoms with Gasteiger partial charge >= 0.3 is 0 Å². The summed E-state index contributed by atoms with van der Waals surface area (Å²) in [5, 5.41) is 13.4. The molecule has 26 heavy (non-hydrogen) atoms. The molecule has 0 saturated carbocycles. The van der Waals surface area contributed by atoms with Crippen LogP contribution in [0.4, 0.5) is 5.69 Å². The van der Waals surface area contributed by atoms with Gasteiger partial charge in [0.1, 0.15) is 5.75 Å². The summed E-state index contributed by atoms with van der Waals surface area (Å²) < 4.78 is 5.28. The molecule has 0 fully saturated rings. The number of ether oxygens (including phenoxy) is 1. The fourth-order valence-electron chi connectivity index (χ4n) is 2.06. The third-order valence-corrected chi connectivity index (χ3v) is 4.42. The van der Waals surface area contributed by atoms with Crippen molar-refractivity contribution in [2.45, 2.75) is 11.8 Å². The van der Waals surface area contributed by atoms with E-state index in [-0.39, 0.29) is 29.5 Å². The maximum atomic E-state index is 11.8. The molecule has 0 aliphatic heterocycles. The molecule has 0 atom stereocenters. The lowest BCUT2D eigenvalue weighted by molar-refractivity contribution is -0.384. The van der Waals surface area contributed by atoms with Crippen LogP contribution < -0.4 is 10.1 Å². The van der Waals surface area contributed by atoms with Crippen LogP contribution in [-0.2, 0) is 4.79 Å². The van der Waals surface area contributed by atoms with Gasteiger partial charge in [0.05, 0.1) is 10.5 Å². The molecule has 1 N–H and O–H groups in total. The molecule has 0 aliphatic carbocycles. The molecule has 0 radical (unpaired) electrons.